The number of rotatable bonds is 2. The molecule has 0 radical (unpaired) electrons. The number of allylic oxidation sites excluding steroid dienone is 1. The summed E-state index contributed by atoms with van der Waals surface area (Å²) in [4.78, 5) is 0. The third-order valence-corrected chi connectivity index (χ3v) is 2.33. The zero-order valence-electron chi connectivity index (χ0n) is 6.85. The van der Waals surface area contributed by atoms with Crippen molar-refractivity contribution in [1.82, 2.24) is 0 Å². The summed E-state index contributed by atoms with van der Waals surface area (Å²) in [6, 6.07) is 6.17. The van der Waals surface area contributed by atoms with Gasteiger partial charge >= 0.3 is 0 Å². The van der Waals surface area contributed by atoms with Gasteiger partial charge in [-0.15, -0.1) is 0 Å². The van der Waals surface area contributed by atoms with E-state index in [1.807, 2.05) is 0 Å². The number of hydrogen-bond acceptors (Lipinski definition) is 1. The summed E-state index contributed by atoms with van der Waals surface area (Å²) in [6.45, 7) is 3.77. The molecule has 0 bridgehead atoms. The highest BCUT2D eigenvalue weighted by Gasteiger charge is 2.03. The molecule has 0 heterocycles. The van der Waals surface area contributed by atoms with Crippen molar-refractivity contribution in [3.8, 4) is 6.07 Å². The van der Waals surface area contributed by atoms with Crippen LogP contribution < -0.4 is 0 Å². The smallest absolute Gasteiger partial charge is 0.140 e. The van der Waals surface area contributed by atoms with E-state index >= 15 is 0 Å². The van der Waals surface area contributed by atoms with Crippen LogP contribution in [0.5, 0.6) is 0 Å². The average Bonchev–Trinajstić information content (AvgIpc) is 2.17. The molecule has 0 atom stereocenters. The minimum atomic E-state index is -0.492. The average molecular weight is 240 g/mol. The minimum Gasteiger partial charge on any atom is -0.206 e. The molecule has 1 aromatic carbocycles. The molecule has 0 N–H and O–H groups in total. The second-order valence-electron chi connectivity index (χ2n) is 2.54. The van der Waals surface area contributed by atoms with Crippen molar-refractivity contribution in [1.29, 1.82) is 5.26 Å². The minimum absolute atomic E-state index is 0.0552. The molecular weight excluding hydrogens is 233 g/mol. The Hall–Kier alpha value is -1.14. The topological polar surface area (TPSA) is 23.8 Å². The maximum Gasteiger partial charge on any atom is 0.140 e. The van der Waals surface area contributed by atoms with Gasteiger partial charge in [-0.2, -0.15) is 5.26 Å². The standard InChI is InChI=1S/C10H7BrFN/c1-7(5-11)8-2-3-10(12)9(4-8)6-13/h2-4H,1,5H2. The number of hydrogen-bond donors (Lipinski definition) is 0. The van der Waals surface area contributed by atoms with Crippen LogP contribution in [0, 0.1) is 17.1 Å². The third-order valence-electron chi connectivity index (χ3n) is 1.66. The lowest BCUT2D eigenvalue weighted by molar-refractivity contribution is 0.624. The van der Waals surface area contributed by atoms with Crippen LogP contribution in [-0.2, 0) is 0 Å². The fraction of sp³-hybridized carbons (Fsp3) is 0.100. The van der Waals surface area contributed by atoms with Gasteiger partial charge in [-0.3, -0.25) is 0 Å². The molecule has 0 unspecified atom stereocenters. The van der Waals surface area contributed by atoms with Gasteiger partial charge in [-0.25, -0.2) is 4.39 Å². The van der Waals surface area contributed by atoms with Gasteiger partial charge in [0.2, 0.25) is 0 Å². The highest BCUT2D eigenvalue weighted by molar-refractivity contribution is 9.09. The van der Waals surface area contributed by atoms with Gasteiger partial charge in [0.05, 0.1) is 5.56 Å². The van der Waals surface area contributed by atoms with E-state index in [0.29, 0.717) is 5.33 Å². The molecule has 13 heavy (non-hydrogen) atoms. The zero-order chi connectivity index (χ0) is 9.84. The summed E-state index contributed by atoms with van der Waals surface area (Å²) < 4.78 is 12.9. The molecule has 0 saturated carbocycles. The number of nitriles is 1. The van der Waals surface area contributed by atoms with Crippen molar-refractivity contribution in [2.45, 2.75) is 0 Å². The van der Waals surface area contributed by atoms with E-state index in [1.165, 1.54) is 12.1 Å². The van der Waals surface area contributed by atoms with Crippen molar-refractivity contribution in [2.24, 2.45) is 0 Å². The van der Waals surface area contributed by atoms with E-state index in [2.05, 4.69) is 22.5 Å². The van der Waals surface area contributed by atoms with E-state index in [1.54, 1.807) is 12.1 Å². The quantitative estimate of drug-likeness (QED) is 0.728. The van der Waals surface area contributed by atoms with Gasteiger partial charge in [0.25, 0.3) is 0 Å². The van der Waals surface area contributed by atoms with E-state index in [4.69, 9.17) is 5.26 Å². The molecule has 1 aromatic rings. The van der Waals surface area contributed by atoms with Gasteiger partial charge in [-0.05, 0) is 23.3 Å². The summed E-state index contributed by atoms with van der Waals surface area (Å²) in [5.74, 6) is -0.492. The molecule has 0 fully saturated rings. The van der Waals surface area contributed by atoms with Crippen molar-refractivity contribution in [3.63, 3.8) is 0 Å². The Morgan fingerprint density at radius 2 is 2.31 bits per heavy atom. The fourth-order valence-corrected chi connectivity index (χ4v) is 1.23. The number of halogens is 2. The molecule has 0 saturated heterocycles. The number of alkyl halides is 1. The molecule has 0 aliphatic rings. The molecule has 0 aliphatic heterocycles. The second-order valence-corrected chi connectivity index (χ2v) is 3.10. The van der Waals surface area contributed by atoms with Gasteiger partial charge in [0.15, 0.2) is 0 Å². The zero-order valence-corrected chi connectivity index (χ0v) is 8.44. The molecule has 0 aromatic heterocycles. The highest BCUT2D eigenvalue weighted by Crippen LogP contribution is 2.17. The molecule has 3 heteroatoms. The lowest BCUT2D eigenvalue weighted by atomic mass is 10.1. The lowest BCUT2D eigenvalue weighted by Crippen LogP contribution is -1.88. The maximum atomic E-state index is 12.9. The molecule has 0 amide bonds. The van der Waals surface area contributed by atoms with Crippen LogP contribution in [0.1, 0.15) is 11.1 Å². The molecule has 66 valence electrons. The molecular formula is C10H7BrFN. The Morgan fingerprint density at radius 1 is 1.62 bits per heavy atom. The fourth-order valence-electron chi connectivity index (χ4n) is 0.908. The van der Waals surface area contributed by atoms with Gasteiger partial charge in [-0.1, -0.05) is 28.6 Å². The summed E-state index contributed by atoms with van der Waals surface area (Å²) >= 11 is 3.24. The second kappa shape index (κ2) is 4.20. The van der Waals surface area contributed by atoms with Gasteiger partial charge in [0.1, 0.15) is 11.9 Å². The van der Waals surface area contributed by atoms with Crippen molar-refractivity contribution >= 4 is 21.5 Å². The maximum absolute atomic E-state index is 12.9. The molecule has 0 aliphatic carbocycles. The van der Waals surface area contributed by atoms with Gasteiger partial charge in [0, 0.05) is 5.33 Å². The number of benzene rings is 1. The monoisotopic (exact) mass is 239 g/mol. The molecule has 1 rings (SSSR count). The summed E-state index contributed by atoms with van der Waals surface area (Å²) in [7, 11) is 0. The first-order chi connectivity index (χ1) is 6.19. The first-order valence-corrected chi connectivity index (χ1v) is 4.75. The highest BCUT2D eigenvalue weighted by atomic mass is 79.9. The Morgan fingerprint density at radius 3 is 2.85 bits per heavy atom. The van der Waals surface area contributed by atoms with Crippen LogP contribution in [0.25, 0.3) is 5.57 Å². The van der Waals surface area contributed by atoms with Crippen LogP contribution in [0.3, 0.4) is 0 Å². The Balaban J connectivity index is 3.15. The largest absolute Gasteiger partial charge is 0.206 e. The Bertz CT molecular complexity index is 379. The summed E-state index contributed by atoms with van der Waals surface area (Å²) in [5.41, 5.74) is 1.67. The van der Waals surface area contributed by atoms with Crippen LogP contribution in [-0.4, -0.2) is 5.33 Å². The van der Waals surface area contributed by atoms with Crippen LogP contribution in [0.4, 0.5) is 4.39 Å². The first kappa shape index (κ1) is 9.94. The number of nitrogens with zero attached hydrogens (tertiary/aromatic N) is 1. The van der Waals surface area contributed by atoms with Crippen molar-refractivity contribution < 1.29 is 4.39 Å². The van der Waals surface area contributed by atoms with Crippen LogP contribution >= 0.6 is 15.9 Å². The lowest BCUT2D eigenvalue weighted by Gasteiger charge is -2.02. The SMILES string of the molecule is C=C(CBr)c1ccc(F)c(C#N)c1. The first-order valence-electron chi connectivity index (χ1n) is 3.62. The van der Waals surface area contributed by atoms with E-state index < -0.39 is 5.82 Å². The predicted molar refractivity (Wildman–Crippen MR) is 53.9 cm³/mol. The van der Waals surface area contributed by atoms with Crippen LogP contribution in [0.15, 0.2) is 24.8 Å². The predicted octanol–water partition coefficient (Wildman–Crippen LogP) is 3.11. The Labute approximate surface area is 84.6 Å². The summed E-state index contributed by atoms with van der Waals surface area (Å²) in [6.07, 6.45) is 0. The van der Waals surface area contributed by atoms with Crippen molar-refractivity contribution in [2.75, 3.05) is 5.33 Å². The third kappa shape index (κ3) is 2.16. The van der Waals surface area contributed by atoms with E-state index in [9.17, 15) is 4.39 Å². The van der Waals surface area contributed by atoms with Gasteiger partial charge < -0.3 is 0 Å². The normalized spacial score (nSPS) is 9.31. The van der Waals surface area contributed by atoms with E-state index in [-0.39, 0.29) is 5.56 Å². The van der Waals surface area contributed by atoms with Crippen LogP contribution in [0.2, 0.25) is 0 Å². The molecule has 1 nitrogen and oxygen atoms in total. The Kier molecular flexibility index (Phi) is 3.21. The summed E-state index contributed by atoms with van der Waals surface area (Å²) in [5, 5.41) is 9.18. The van der Waals surface area contributed by atoms with Crippen molar-refractivity contribution in [3.05, 3.63) is 41.7 Å². The molecule has 0 spiro atoms. The van der Waals surface area contributed by atoms with E-state index in [0.717, 1.165) is 11.1 Å².